The van der Waals surface area contributed by atoms with Crippen molar-refractivity contribution in [3.8, 4) is 11.5 Å². The lowest BCUT2D eigenvalue weighted by molar-refractivity contribution is -0.144. The first-order valence-electron chi connectivity index (χ1n) is 28.1. The van der Waals surface area contributed by atoms with Gasteiger partial charge in [0.15, 0.2) is 0 Å². The zero-order chi connectivity index (χ0) is 58.4. The van der Waals surface area contributed by atoms with Crippen LogP contribution in [0.5, 0.6) is 11.5 Å². The Balaban J connectivity index is 1.10. The lowest BCUT2D eigenvalue weighted by Crippen LogP contribution is -2.59. The van der Waals surface area contributed by atoms with E-state index in [1.165, 1.54) is 15.9 Å². The molecular formula is C60H84N10O10. The Morgan fingerprint density at radius 3 is 1.29 bits per heavy atom. The Kier molecular flexibility index (Phi) is 19.4. The van der Waals surface area contributed by atoms with Gasteiger partial charge in [-0.3, -0.25) is 38.4 Å². The summed E-state index contributed by atoms with van der Waals surface area (Å²) in [5.74, 6) is -2.13. The number of carbonyl (C=O) groups excluding carboxylic acids is 8. The predicted octanol–water partition coefficient (Wildman–Crippen LogP) is 3.77. The lowest BCUT2D eigenvalue weighted by atomic mass is 9.85. The highest BCUT2D eigenvalue weighted by molar-refractivity contribution is 6.01. The highest BCUT2D eigenvalue weighted by Gasteiger charge is 2.48. The molecule has 0 spiro atoms. The van der Waals surface area contributed by atoms with Gasteiger partial charge < -0.3 is 61.8 Å². The lowest BCUT2D eigenvalue weighted by Gasteiger charge is -2.36. The van der Waals surface area contributed by atoms with Crippen LogP contribution in [0.15, 0.2) is 60.7 Å². The number of amides is 8. The van der Waals surface area contributed by atoms with Crippen molar-refractivity contribution in [3.63, 3.8) is 0 Å². The van der Waals surface area contributed by atoms with Crippen molar-refractivity contribution in [2.45, 2.75) is 167 Å². The summed E-state index contributed by atoms with van der Waals surface area (Å²) < 4.78 is 10.9. The molecule has 10 unspecified atom stereocenters. The normalized spacial score (nSPS) is 22.2. The fourth-order valence-corrected chi connectivity index (χ4v) is 11.3. The van der Waals surface area contributed by atoms with Crippen molar-refractivity contribution in [3.05, 3.63) is 94.0 Å². The molecule has 8 amide bonds. The molecule has 0 aromatic heterocycles. The zero-order valence-electron chi connectivity index (χ0n) is 48.6. The third kappa shape index (κ3) is 14.1. The number of benzene rings is 3. The van der Waals surface area contributed by atoms with E-state index in [-0.39, 0.29) is 72.8 Å². The molecule has 2 saturated heterocycles. The second kappa shape index (κ2) is 25.6. The first kappa shape index (κ1) is 60.6. The van der Waals surface area contributed by atoms with Crippen molar-refractivity contribution in [2.24, 2.45) is 10.8 Å². The van der Waals surface area contributed by atoms with Gasteiger partial charge in [0.05, 0.1) is 38.4 Å². The van der Waals surface area contributed by atoms with E-state index >= 15 is 0 Å². The van der Waals surface area contributed by atoms with Gasteiger partial charge in [0.1, 0.15) is 35.7 Å². The molecule has 7 rings (SSSR count). The van der Waals surface area contributed by atoms with Gasteiger partial charge in [-0.2, -0.15) is 0 Å². The van der Waals surface area contributed by atoms with E-state index in [2.05, 4.69) is 42.5 Å². The van der Waals surface area contributed by atoms with E-state index in [0.29, 0.717) is 12.8 Å². The molecule has 3 aromatic carbocycles. The number of likely N-dealkylation sites (N-methyl/N-ethyl adjacent to an activating group) is 2. The van der Waals surface area contributed by atoms with Crippen LogP contribution in [-0.2, 0) is 41.6 Å². The smallest absolute Gasteiger partial charge is 0.251 e. The molecule has 2 aliphatic carbocycles. The van der Waals surface area contributed by atoms with E-state index in [0.717, 1.165) is 59.4 Å². The Labute approximate surface area is 470 Å². The third-order valence-corrected chi connectivity index (χ3v) is 16.2. The molecule has 2 aliphatic heterocycles. The second-order valence-electron chi connectivity index (χ2n) is 24.1. The second-order valence-corrected chi connectivity index (χ2v) is 24.1. The molecule has 2 fully saturated rings. The maximum atomic E-state index is 14.8. The predicted molar refractivity (Wildman–Crippen MR) is 303 cm³/mol. The van der Waals surface area contributed by atoms with Gasteiger partial charge in [-0.05, 0) is 155 Å². The van der Waals surface area contributed by atoms with Gasteiger partial charge >= 0.3 is 0 Å². The van der Waals surface area contributed by atoms with Gasteiger partial charge in [-0.1, -0.05) is 59.7 Å². The van der Waals surface area contributed by atoms with Crippen LogP contribution in [0.2, 0.25) is 0 Å². The van der Waals surface area contributed by atoms with Gasteiger partial charge in [-0.25, -0.2) is 0 Å². The van der Waals surface area contributed by atoms with Crippen LogP contribution in [-0.4, -0.2) is 147 Å². The van der Waals surface area contributed by atoms with Crippen LogP contribution in [0, 0.1) is 10.8 Å². The molecule has 10 atom stereocenters. The summed E-state index contributed by atoms with van der Waals surface area (Å²) in [6.07, 6.45) is 4.83. The van der Waals surface area contributed by atoms with E-state index in [4.69, 9.17) is 9.47 Å². The standard InChI is InChI=1S/C60H84N10O10/c1-33(61-9)51(71)67-49(59(3,4)5)57(77)69-31-39(29-47(69)55(75)65-45-20-14-16-35-27-41(79-11)22-24-43(35)45)63-53(73)37-18-13-19-38(26-37)54(74)64-40-30-48(56(76)66-46-21-15-17-36-28-42(80-12)23-25-44(36)46)70(32-40)58(78)50(60(6,7)8)68-52(72)34(2)62-10/h13,18-19,22-28,33-34,39-40,45-50,61-62H,14-17,20-21,29-32H2,1-12H3,(H,63,73)(H,64,74)(H,65,75)(H,66,76)(H,67,71)(H,68,72). The van der Waals surface area contributed by atoms with Gasteiger partial charge in [-0.15, -0.1) is 0 Å². The van der Waals surface area contributed by atoms with E-state index in [9.17, 15) is 38.4 Å². The molecule has 20 nitrogen and oxygen atoms in total. The van der Waals surface area contributed by atoms with Crippen LogP contribution in [0.4, 0.5) is 0 Å². The van der Waals surface area contributed by atoms with Gasteiger partial charge in [0.2, 0.25) is 35.4 Å². The number of hydrogen-bond acceptors (Lipinski definition) is 12. The molecule has 8 N–H and O–H groups in total. The summed E-state index contributed by atoms with van der Waals surface area (Å²) in [5.41, 5.74) is 2.83. The van der Waals surface area contributed by atoms with Crippen molar-refractivity contribution < 1.29 is 47.8 Å². The van der Waals surface area contributed by atoms with Gasteiger partial charge in [0.25, 0.3) is 11.8 Å². The highest BCUT2D eigenvalue weighted by atomic mass is 16.5. The van der Waals surface area contributed by atoms with Crippen molar-refractivity contribution in [1.29, 1.82) is 0 Å². The monoisotopic (exact) mass is 1100 g/mol. The van der Waals surface area contributed by atoms with Crippen LogP contribution in [0.25, 0.3) is 0 Å². The van der Waals surface area contributed by atoms with E-state index in [1.807, 2.05) is 77.9 Å². The SMILES string of the molecule is CNC(C)C(=O)NC(C(=O)N1CC(NC(=O)c2cccc(C(=O)NC3CC(C(=O)NC4CCCc5cc(OC)ccc54)N(C(=O)C(NC(=O)C(C)NC)C(C)(C)C)C3)c2)CC1C(=O)NC1CCCc2cc(OC)ccc21)C(C)(C)C. The minimum Gasteiger partial charge on any atom is -0.497 e. The largest absolute Gasteiger partial charge is 0.497 e. The van der Waals surface area contributed by atoms with E-state index in [1.54, 1.807) is 60.4 Å². The number of rotatable bonds is 18. The van der Waals surface area contributed by atoms with Crippen LogP contribution in [0.3, 0.4) is 0 Å². The number of nitrogens with one attached hydrogen (secondary N) is 8. The third-order valence-electron chi connectivity index (χ3n) is 16.2. The molecular weight excluding hydrogens is 1020 g/mol. The maximum absolute atomic E-state index is 14.8. The molecule has 0 saturated carbocycles. The summed E-state index contributed by atoms with van der Waals surface area (Å²) in [6, 6.07) is 10.4. The summed E-state index contributed by atoms with van der Waals surface area (Å²) in [7, 11) is 6.51. The van der Waals surface area contributed by atoms with Crippen LogP contribution >= 0.6 is 0 Å². The topological polar surface area (TPSA) is 258 Å². The fraction of sp³-hybridized carbons (Fsp3) is 0.567. The summed E-state index contributed by atoms with van der Waals surface area (Å²) >= 11 is 0. The molecule has 0 radical (unpaired) electrons. The molecule has 20 heteroatoms. The average Bonchev–Trinajstić information content (AvgIpc) is 4.09. The van der Waals surface area contributed by atoms with Gasteiger partial charge in [0, 0.05) is 36.3 Å². The molecule has 434 valence electrons. The molecule has 3 aromatic rings. The Bertz CT molecular complexity index is 2630. The quantitative estimate of drug-likeness (QED) is 0.0907. The summed E-state index contributed by atoms with van der Waals surface area (Å²) in [5, 5.41) is 24.1. The number of aryl methyl sites for hydroxylation is 2. The van der Waals surface area contributed by atoms with Crippen molar-refractivity contribution >= 4 is 47.3 Å². The average molecular weight is 1110 g/mol. The fourth-order valence-electron chi connectivity index (χ4n) is 11.3. The number of hydrogen-bond donors (Lipinski definition) is 8. The summed E-state index contributed by atoms with van der Waals surface area (Å²) in [4.78, 5) is 117. The molecule has 2 heterocycles. The first-order chi connectivity index (χ1) is 37.8. The Morgan fingerprint density at radius 2 is 0.938 bits per heavy atom. The number of ether oxygens (including phenoxy) is 2. The first-order valence-corrected chi connectivity index (χ1v) is 28.1. The Morgan fingerprint density at radius 1 is 0.550 bits per heavy atom. The van der Waals surface area contributed by atoms with Crippen LogP contribution < -0.4 is 52.0 Å². The highest BCUT2D eigenvalue weighted by Crippen LogP contribution is 2.36. The Hall–Kier alpha value is -7.06. The number of methoxy groups -OCH3 is 2. The molecule has 4 aliphatic rings. The van der Waals surface area contributed by atoms with Crippen molar-refractivity contribution in [1.82, 2.24) is 52.3 Å². The van der Waals surface area contributed by atoms with Crippen molar-refractivity contribution in [2.75, 3.05) is 41.4 Å². The number of likely N-dealkylation sites (tertiary alicyclic amines) is 2. The minimum absolute atomic E-state index is 0.0345. The molecule has 0 bridgehead atoms. The minimum atomic E-state index is -1.02. The number of nitrogens with zero attached hydrogens (tertiary/aromatic N) is 2. The van der Waals surface area contributed by atoms with Crippen LogP contribution in [0.1, 0.15) is 149 Å². The number of fused-ring (bicyclic) bond motifs is 2. The maximum Gasteiger partial charge on any atom is 0.251 e. The summed E-state index contributed by atoms with van der Waals surface area (Å²) in [6.45, 7) is 14.3. The molecule has 80 heavy (non-hydrogen) atoms. The van der Waals surface area contributed by atoms with E-state index < -0.39 is 82.8 Å². The number of carbonyl (C=O) groups is 8. The zero-order valence-corrected chi connectivity index (χ0v) is 48.6.